The zero-order chi connectivity index (χ0) is 15.0. The Kier molecular flexibility index (Phi) is 6.76. The van der Waals surface area contributed by atoms with Gasteiger partial charge in [-0.05, 0) is 19.8 Å². The van der Waals surface area contributed by atoms with Crippen LogP contribution in [0.2, 0.25) is 0 Å². The summed E-state index contributed by atoms with van der Waals surface area (Å²) in [7, 11) is 0. The number of H-pyrrole nitrogens is 1. The molecule has 0 unspecified atom stereocenters. The SMILES string of the molecule is CCCCCC(C)(CCCCC)n1ccc(=O)[nH]c1=O. The molecule has 0 amide bonds. The van der Waals surface area contributed by atoms with Crippen LogP contribution in [0, 0.1) is 0 Å². The molecule has 0 saturated heterocycles. The first-order chi connectivity index (χ1) is 9.53. The lowest BCUT2D eigenvalue weighted by Gasteiger charge is -2.32. The van der Waals surface area contributed by atoms with Crippen molar-refractivity contribution >= 4 is 0 Å². The van der Waals surface area contributed by atoms with E-state index in [2.05, 4.69) is 25.8 Å². The summed E-state index contributed by atoms with van der Waals surface area (Å²) < 4.78 is 1.72. The third-order valence-electron chi connectivity index (χ3n) is 4.04. The molecule has 114 valence electrons. The van der Waals surface area contributed by atoms with Crippen molar-refractivity contribution in [3.8, 4) is 0 Å². The number of nitrogens with one attached hydrogen (secondary N) is 1. The van der Waals surface area contributed by atoms with Crippen LogP contribution in [0.5, 0.6) is 0 Å². The second kappa shape index (κ2) is 8.08. The molecule has 0 radical (unpaired) electrons. The number of rotatable bonds is 9. The standard InChI is InChI=1S/C16H28N2O2/c1-4-6-8-11-16(3,12-9-7-5-2)18-13-10-14(19)17-15(18)20/h10,13H,4-9,11-12H2,1-3H3,(H,17,19,20). The van der Waals surface area contributed by atoms with E-state index in [0.717, 1.165) is 25.7 Å². The fourth-order valence-electron chi connectivity index (χ4n) is 2.72. The van der Waals surface area contributed by atoms with Crippen LogP contribution in [-0.4, -0.2) is 9.55 Å². The maximum atomic E-state index is 12.1. The molecule has 0 aromatic carbocycles. The van der Waals surface area contributed by atoms with Gasteiger partial charge in [0.1, 0.15) is 0 Å². The van der Waals surface area contributed by atoms with E-state index in [9.17, 15) is 9.59 Å². The maximum Gasteiger partial charge on any atom is 0.328 e. The molecule has 1 N–H and O–H groups in total. The third kappa shape index (κ3) is 4.66. The molecule has 0 aliphatic rings. The predicted molar refractivity (Wildman–Crippen MR) is 83.3 cm³/mol. The van der Waals surface area contributed by atoms with Crippen LogP contribution >= 0.6 is 0 Å². The van der Waals surface area contributed by atoms with Crippen molar-refractivity contribution in [2.45, 2.75) is 77.7 Å². The summed E-state index contributed by atoms with van der Waals surface area (Å²) in [6.45, 7) is 6.50. The van der Waals surface area contributed by atoms with Crippen molar-refractivity contribution in [2.75, 3.05) is 0 Å². The Labute approximate surface area is 121 Å². The van der Waals surface area contributed by atoms with E-state index in [4.69, 9.17) is 0 Å². The highest BCUT2D eigenvalue weighted by molar-refractivity contribution is 4.91. The molecule has 0 spiro atoms. The molecule has 1 heterocycles. The highest BCUT2D eigenvalue weighted by Crippen LogP contribution is 2.28. The molecule has 0 aliphatic carbocycles. The van der Waals surface area contributed by atoms with E-state index in [1.54, 1.807) is 10.8 Å². The van der Waals surface area contributed by atoms with Crippen LogP contribution in [0.25, 0.3) is 0 Å². The Morgan fingerprint density at radius 3 is 2.05 bits per heavy atom. The second-order valence-electron chi connectivity index (χ2n) is 5.89. The fraction of sp³-hybridized carbons (Fsp3) is 0.750. The van der Waals surface area contributed by atoms with Gasteiger partial charge in [-0.25, -0.2) is 4.79 Å². The average molecular weight is 280 g/mol. The quantitative estimate of drug-likeness (QED) is 0.705. The molecular weight excluding hydrogens is 252 g/mol. The van der Waals surface area contributed by atoms with Crippen LogP contribution < -0.4 is 11.2 Å². The summed E-state index contributed by atoms with van der Waals surface area (Å²) in [4.78, 5) is 25.7. The Hall–Kier alpha value is -1.32. The van der Waals surface area contributed by atoms with Gasteiger partial charge in [0.25, 0.3) is 5.56 Å². The topological polar surface area (TPSA) is 54.9 Å². The summed E-state index contributed by atoms with van der Waals surface area (Å²) >= 11 is 0. The Balaban J connectivity index is 2.95. The van der Waals surface area contributed by atoms with Gasteiger partial charge >= 0.3 is 5.69 Å². The summed E-state index contributed by atoms with van der Waals surface area (Å²) in [6.07, 6.45) is 10.6. The molecule has 0 bridgehead atoms. The van der Waals surface area contributed by atoms with Gasteiger partial charge in [0.2, 0.25) is 0 Å². The number of unbranched alkanes of at least 4 members (excludes halogenated alkanes) is 4. The molecule has 4 heteroatoms. The first kappa shape index (κ1) is 16.7. The van der Waals surface area contributed by atoms with Crippen LogP contribution in [0.15, 0.2) is 21.9 Å². The van der Waals surface area contributed by atoms with Crippen LogP contribution in [0.3, 0.4) is 0 Å². The summed E-state index contributed by atoms with van der Waals surface area (Å²) in [6, 6.07) is 1.44. The van der Waals surface area contributed by atoms with Crippen molar-refractivity contribution in [2.24, 2.45) is 0 Å². The minimum Gasteiger partial charge on any atom is -0.295 e. The smallest absolute Gasteiger partial charge is 0.295 e. The molecule has 4 nitrogen and oxygen atoms in total. The molecular formula is C16H28N2O2. The van der Waals surface area contributed by atoms with E-state index in [-0.39, 0.29) is 16.8 Å². The lowest BCUT2D eigenvalue weighted by molar-refractivity contribution is 0.241. The van der Waals surface area contributed by atoms with Gasteiger partial charge < -0.3 is 0 Å². The Bertz CT molecular complexity index is 492. The normalized spacial score (nSPS) is 11.8. The summed E-state index contributed by atoms with van der Waals surface area (Å²) in [5.74, 6) is 0. The third-order valence-corrected chi connectivity index (χ3v) is 4.04. The molecule has 1 rings (SSSR count). The lowest BCUT2D eigenvalue weighted by Crippen LogP contribution is -2.41. The van der Waals surface area contributed by atoms with Crippen molar-refractivity contribution in [3.05, 3.63) is 33.1 Å². The van der Waals surface area contributed by atoms with E-state index < -0.39 is 0 Å². The largest absolute Gasteiger partial charge is 0.328 e. The Morgan fingerprint density at radius 2 is 1.60 bits per heavy atom. The first-order valence-electron chi connectivity index (χ1n) is 7.86. The zero-order valence-electron chi connectivity index (χ0n) is 13.1. The number of aromatic nitrogens is 2. The first-order valence-corrected chi connectivity index (χ1v) is 7.86. The molecule has 1 aromatic heterocycles. The minimum atomic E-state index is -0.323. The number of hydrogen-bond acceptors (Lipinski definition) is 2. The fourth-order valence-corrected chi connectivity index (χ4v) is 2.72. The number of hydrogen-bond donors (Lipinski definition) is 1. The van der Waals surface area contributed by atoms with Gasteiger partial charge in [-0.1, -0.05) is 52.4 Å². The van der Waals surface area contributed by atoms with E-state index >= 15 is 0 Å². The van der Waals surface area contributed by atoms with Crippen LogP contribution in [0.4, 0.5) is 0 Å². The van der Waals surface area contributed by atoms with E-state index in [0.29, 0.717) is 0 Å². The van der Waals surface area contributed by atoms with E-state index in [1.165, 1.54) is 31.7 Å². The van der Waals surface area contributed by atoms with Gasteiger partial charge in [-0.15, -0.1) is 0 Å². The van der Waals surface area contributed by atoms with Crippen molar-refractivity contribution < 1.29 is 0 Å². The van der Waals surface area contributed by atoms with E-state index in [1.807, 2.05) is 0 Å². The Morgan fingerprint density at radius 1 is 1.05 bits per heavy atom. The van der Waals surface area contributed by atoms with Gasteiger partial charge in [0.05, 0.1) is 0 Å². The minimum absolute atomic E-state index is 0.189. The van der Waals surface area contributed by atoms with Crippen molar-refractivity contribution in [3.63, 3.8) is 0 Å². The van der Waals surface area contributed by atoms with Gasteiger partial charge in [-0.2, -0.15) is 0 Å². The average Bonchev–Trinajstić information content (AvgIpc) is 2.39. The molecule has 0 fully saturated rings. The predicted octanol–water partition coefficient (Wildman–Crippen LogP) is 3.41. The number of nitrogens with zero attached hydrogens (tertiary/aromatic N) is 1. The van der Waals surface area contributed by atoms with Gasteiger partial charge in [0.15, 0.2) is 0 Å². The highest BCUT2D eigenvalue weighted by atomic mass is 16.2. The van der Waals surface area contributed by atoms with Gasteiger partial charge in [-0.3, -0.25) is 14.3 Å². The second-order valence-corrected chi connectivity index (χ2v) is 5.89. The molecule has 0 aliphatic heterocycles. The van der Waals surface area contributed by atoms with Crippen molar-refractivity contribution in [1.82, 2.24) is 9.55 Å². The molecule has 0 atom stereocenters. The van der Waals surface area contributed by atoms with Crippen LogP contribution in [-0.2, 0) is 5.54 Å². The summed E-state index contributed by atoms with van der Waals surface area (Å²) in [5, 5.41) is 0. The highest BCUT2D eigenvalue weighted by Gasteiger charge is 2.26. The zero-order valence-corrected chi connectivity index (χ0v) is 13.1. The van der Waals surface area contributed by atoms with Crippen molar-refractivity contribution in [1.29, 1.82) is 0 Å². The van der Waals surface area contributed by atoms with Crippen LogP contribution in [0.1, 0.15) is 72.1 Å². The van der Waals surface area contributed by atoms with Gasteiger partial charge in [0, 0.05) is 17.8 Å². The number of aromatic amines is 1. The molecule has 1 aromatic rings. The maximum absolute atomic E-state index is 12.1. The lowest BCUT2D eigenvalue weighted by atomic mass is 9.88. The molecule has 0 saturated carbocycles. The summed E-state index contributed by atoms with van der Waals surface area (Å²) in [5.41, 5.74) is -0.797. The monoisotopic (exact) mass is 280 g/mol. The molecule has 20 heavy (non-hydrogen) atoms.